The highest BCUT2D eigenvalue weighted by molar-refractivity contribution is 14.1. The van der Waals surface area contributed by atoms with Crippen LogP contribution in [-0.4, -0.2) is 22.8 Å². The van der Waals surface area contributed by atoms with Gasteiger partial charge in [-0.05, 0) is 6.42 Å². The highest BCUT2D eigenvalue weighted by Crippen LogP contribution is 1.88. The second-order valence-corrected chi connectivity index (χ2v) is 2.46. The quantitative estimate of drug-likeness (QED) is 0.325. The molecule has 0 saturated heterocycles. The van der Waals surface area contributed by atoms with Gasteiger partial charge in [0.2, 0.25) is 5.78 Å². The third-order valence-electron chi connectivity index (χ3n) is 0.786. The summed E-state index contributed by atoms with van der Waals surface area (Å²) in [4.78, 5) is 21.1. The van der Waals surface area contributed by atoms with Gasteiger partial charge in [0.25, 0.3) is 0 Å². The first-order valence-corrected chi connectivity index (χ1v) is 4.50. The number of carbonyl (C=O) groups excluding carboxylic acids is 2. The van der Waals surface area contributed by atoms with Crippen molar-refractivity contribution in [3.05, 3.63) is 0 Å². The number of hydrogen-bond acceptors (Lipinski definition) is 3. The Bertz CT molecular complexity index is 133. The monoisotopic (exact) mass is 256 g/mol. The minimum absolute atomic E-state index is 0.195. The molecular weight excluding hydrogens is 247 g/mol. The fraction of sp³-hybridized carbons (Fsp3) is 0.667. The summed E-state index contributed by atoms with van der Waals surface area (Å²) in [7, 11) is 0. The SMILES string of the molecule is CCCOC(=O)C(=O)CI. The van der Waals surface area contributed by atoms with Crippen LogP contribution in [0.5, 0.6) is 0 Å². The summed E-state index contributed by atoms with van der Waals surface area (Å²) in [5, 5.41) is 0. The molecule has 0 aliphatic carbocycles. The van der Waals surface area contributed by atoms with Crippen molar-refractivity contribution in [2.75, 3.05) is 11.0 Å². The molecule has 3 nitrogen and oxygen atoms in total. The van der Waals surface area contributed by atoms with Gasteiger partial charge in [0.15, 0.2) is 0 Å². The van der Waals surface area contributed by atoms with Crippen molar-refractivity contribution in [2.45, 2.75) is 13.3 Å². The average molecular weight is 256 g/mol. The van der Waals surface area contributed by atoms with Crippen LogP contribution in [0.3, 0.4) is 0 Å². The molecule has 0 N–H and O–H groups in total. The number of carbonyl (C=O) groups is 2. The highest BCUT2D eigenvalue weighted by Gasteiger charge is 2.11. The van der Waals surface area contributed by atoms with Gasteiger partial charge >= 0.3 is 5.97 Å². The van der Waals surface area contributed by atoms with Gasteiger partial charge in [-0.1, -0.05) is 29.5 Å². The Morgan fingerprint density at radius 1 is 1.50 bits per heavy atom. The topological polar surface area (TPSA) is 43.4 Å². The molecule has 4 heteroatoms. The molecule has 10 heavy (non-hydrogen) atoms. The van der Waals surface area contributed by atoms with E-state index in [9.17, 15) is 9.59 Å². The van der Waals surface area contributed by atoms with Crippen LogP contribution < -0.4 is 0 Å². The summed E-state index contributed by atoms with van der Waals surface area (Å²) in [6, 6.07) is 0. The van der Waals surface area contributed by atoms with E-state index in [2.05, 4.69) is 4.74 Å². The maximum absolute atomic E-state index is 10.6. The molecule has 0 rings (SSSR count). The van der Waals surface area contributed by atoms with Gasteiger partial charge in [-0.15, -0.1) is 0 Å². The van der Waals surface area contributed by atoms with Crippen LogP contribution in [0.2, 0.25) is 0 Å². The van der Waals surface area contributed by atoms with Gasteiger partial charge in [-0.3, -0.25) is 4.79 Å². The number of hydrogen-bond donors (Lipinski definition) is 0. The molecule has 0 unspecified atom stereocenters. The Labute approximate surface area is 73.3 Å². The summed E-state index contributed by atoms with van der Waals surface area (Å²) >= 11 is 1.83. The molecule has 0 aromatic rings. The van der Waals surface area contributed by atoms with E-state index in [1.807, 2.05) is 29.5 Å². The first-order chi connectivity index (χ1) is 4.72. The molecular formula is C6H9IO3. The van der Waals surface area contributed by atoms with E-state index in [4.69, 9.17) is 0 Å². The Morgan fingerprint density at radius 3 is 2.50 bits per heavy atom. The van der Waals surface area contributed by atoms with Gasteiger partial charge in [0.05, 0.1) is 11.0 Å². The lowest BCUT2D eigenvalue weighted by atomic mass is 10.4. The van der Waals surface area contributed by atoms with Gasteiger partial charge in [0.1, 0.15) is 0 Å². The minimum Gasteiger partial charge on any atom is -0.460 e. The second-order valence-electron chi connectivity index (χ2n) is 1.69. The minimum atomic E-state index is -0.712. The Morgan fingerprint density at radius 2 is 2.10 bits per heavy atom. The molecule has 0 bridgehead atoms. The molecule has 0 saturated carbocycles. The lowest BCUT2D eigenvalue weighted by Gasteiger charge is -1.97. The predicted molar refractivity (Wildman–Crippen MR) is 45.1 cm³/mol. The molecule has 0 amide bonds. The lowest BCUT2D eigenvalue weighted by Crippen LogP contribution is -2.18. The van der Waals surface area contributed by atoms with Crippen LogP contribution in [0.4, 0.5) is 0 Å². The van der Waals surface area contributed by atoms with Crippen molar-refractivity contribution < 1.29 is 14.3 Å². The first-order valence-electron chi connectivity index (χ1n) is 2.98. The normalized spacial score (nSPS) is 9.00. The Hall–Kier alpha value is -0.130. The molecule has 0 heterocycles. The standard InChI is InChI=1S/C6H9IO3/c1-2-3-10-6(9)5(8)4-7/h2-4H2,1H3. The van der Waals surface area contributed by atoms with Crippen molar-refractivity contribution in [1.29, 1.82) is 0 Å². The highest BCUT2D eigenvalue weighted by atomic mass is 127. The zero-order valence-corrected chi connectivity index (χ0v) is 7.88. The van der Waals surface area contributed by atoms with E-state index in [0.717, 1.165) is 6.42 Å². The number of ketones is 1. The van der Waals surface area contributed by atoms with E-state index < -0.39 is 11.8 Å². The van der Waals surface area contributed by atoms with Gasteiger partial charge < -0.3 is 4.74 Å². The van der Waals surface area contributed by atoms with Crippen LogP contribution in [0, 0.1) is 0 Å². The number of alkyl halides is 1. The van der Waals surface area contributed by atoms with Crippen molar-refractivity contribution in [3.63, 3.8) is 0 Å². The van der Waals surface area contributed by atoms with Crippen LogP contribution in [0.1, 0.15) is 13.3 Å². The maximum atomic E-state index is 10.6. The van der Waals surface area contributed by atoms with E-state index in [1.54, 1.807) is 0 Å². The first kappa shape index (κ1) is 9.87. The molecule has 0 atom stereocenters. The Kier molecular flexibility index (Phi) is 5.57. The molecule has 0 fully saturated rings. The third-order valence-corrected chi connectivity index (χ3v) is 1.48. The van der Waals surface area contributed by atoms with Crippen LogP contribution >= 0.6 is 22.6 Å². The zero-order valence-electron chi connectivity index (χ0n) is 5.72. The van der Waals surface area contributed by atoms with Gasteiger partial charge in [-0.25, -0.2) is 4.79 Å². The fourth-order valence-corrected chi connectivity index (χ4v) is 0.641. The summed E-state index contributed by atoms with van der Waals surface area (Å²) in [6.45, 7) is 2.21. The molecule has 0 aliphatic rings. The number of ether oxygens (including phenoxy) is 1. The molecule has 58 valence electrons. The van der Waals surface area contributed by atoms with Crippen LogP contribution in [0.15, 0.2) is 0 Å². The fourth-order valence-electron chi connectivity index (χ4n) is 0.330. The lowest BCUT2D eigenvalue weighted by molar-refractivity contribution is -0.152. The number of rotatable bonds is 4. The van der Waals surface area contributed by atoms with Crippen LogP contribution in [0.25, 0.3) is 0 Å². The zero-order chi connectivity index (χ0) is 7.98. The van der Waals surface area contributed by atoms with Crippen LogP contribution in [-0.2, 0) is 14.3 Å². The van der Waals surface area contributed by atoms with Gasteiger partial charge in [-0.2, -0.15) is 0 Å². The maximum Gasteiger partial charge on any atom is 0.375 e. The molecule has 0 radical (unpaired) electrons. The summed E-state index contributed by atoms with van der Waals surface area (Å²) in [5.41, 5.74) is 0. The van der Waals surface area contributed by atoms with Crippen molar-refractivity contribution >= 4 is 34.3 Å². The molecule has 0 aromatic carbocycles. The Balaban J connectivity index is 3.52. The number of esters is 1. The third kappa shape index (κ3) is 3.81. The smallest absolute Gasteiger partial charge is 0.375 e. The average Bonchev–Trinajstić information content (AvgIpc) is 1.98. The molecule has 0 spiro atoms. The van der Waals surface area contributed by atoms with E-state index >= 15 is 0 Å². The second kappa shape index (κ2) is 5.64. The van der Waals surface area contributed by atoms with E-state index in [-0.39, 0.29) is 4.43 Å². The van der Waals surface area contributed by atoms with Crippen molar-refractivity contribution in [2.24, 2.45) is 0 Å². The van der Waals surface area contributed by atoms with E-state index in [1.165, 1.54) is 0 Å². The summed E-state index contributed by atoms with van der Waals surface area (Å²) in [5.74, 6) is -1.18. The van der Waals surface area contributed by atoms with Gasteiger partial charge in [0, 0.05) is 0 Å². The summed E-state index contributed by atoms with van der Waals surface area (Å²) in [6.07, 6.45) is 0.750. The largest absolute Gasteiger partial charge is 0.460 e. The van der Waals surface area contributed by atoms with Crippen molar-refractivity contribution in [1.82, 2.24) is 0 Å². The molecule has 0 aromatic heterocycles. The van der Waals surface area contributed by atoms with E-state index in [0.29, 0.717) is 6.61 Å². The molecule has 0 aliphatic heterocycles. The van der Waals surface area contributed by atoms with Crippen molar-refractivity contribution in [3.8, 4) is 0 Å². The number of halogens is 1. The predicted octanol–water partition coefficient (Wildman–Crippen LogP) is 0.944. The summed E-state index contributed by atoms with van der Waals surface area (Å²) < 4.78 is 4.75. The number of Topliss-reactive ketones (excluding diaryl/α,β-unsaturated/α-hetero) is 1.